The Kier molecular flexibility index (Phi) is 8.52. The molecule has 0 aromatic heterocycles. The zero-order valence-corrected chi connectivity index (χ0v) is 24.6. The van der Waals surface area contributed by atoms with Gasteiger partial charge in [0.15, 0.2) is 0 Å². The average molecular weight is 579 g/mol. The first-order chi connectivity index (χ1) is 19.7. The van der Waals surface area contributed by atoms with Crippen LogP contribution in [0.25, 0.3) is 0 Å². The van der Waals surface area contributed by atoms with E-state index in [-0.39, 0.29) is 48.1 Å². The minimum absolute atomic E-state index is 0.0793. The van der Waals surface area contributed by atoms with Crippen LogP contribution in [-0.2, 0) is 9.59 Å². The molecule has 8 heteroatoms. The van der Waals surface area contributed by atoms with Crippen LogP contribution >= 0.6 is 0 Å². The molecule has 1 saturated heterocycles. The van der Waals surface area contributed by atoms with Crippen molar-refractivity contribution in [1.29, 1.82) is 0 Å². The number of nitrogens with zero attached hydrogens (tertiary/aromatic N) is 2. The van der Waals surface area contributed by atoms with Crippen LogP contribution in [-0.4, -0.2) is 58.6 Å². The Morgan fingerprint density at radius 3 is 2.20 bits per heavy atom. The third-order valence-corrected chi connectivity index (χ3v) is 12.0. The summed E-state index contributed by atoms with van der Waals surface area (Å²) in [5.74, 6) is 0.103. The molecule has 0 aromatic rings. The van der Waals surface area contributed by atoms with Crippen LogP contribution in [0.5, 0.6) is 0 Å². The second-order valence-electron chi connectivity index (χ2n) is 14.4. The highest BCUT2D eigenvalue weighted by atomic mass is 19.4. The summed E-state index contributed by atoms with van der Waals surface area (Å²) in [4.78, 5) is 32.8. The van der Waals surface area contributed by atoms with Gasteiger partial charge in [0.2, 0.25) is 11.8 Å². The lowest BCUT2D eigenvalue weighted by Crippen LogP contribution is -2.72. The van der Waals surface area contributed by atoms with E-state index >= 15 is 4.79 Å². The van der Waals surface area contributed by atoms with Crippen LogP contribution in [0, 0.1) is 35.0 Å². The maximum Gasteiger partial charge on any atom is 0.406 e. The van der Waals surface area contributed by atoms with Crippen LogP contribution in [0.3, 0.4) is 0 Å². The Labute approximate surface area is 243 Å². The fourth-order valence-corrected chi connectivity index (χ4v) is 10.2. The van der Waals surface area contributed by atoms with Gasteiger partial charge >= 0.3 is 6.18 Å². The van der Waals surface area contributed by atoms with E-state index in [4.69, 9.17) is 0 Å². The molecule has 230 valence electrons. The van der Waals surface area contributed by atoms with Gasteiger partial charge in [0.05, 0.1) is 5.41 Å². The molecule has 0 radical (unpaired) electrons. The summed E-state index contributed by atoms with van der Waals surface area (Å²) < 4.78 is 42.4. The number of allylic oxidation sites excluding steroid dienone is 2. The van der Waals surface area contributed by atoms with Gasteiger partial charge in [-0.1, -0.05) is 32.1 Å². The summed E-state index contributed by atoms with van der Waals surface area (Å²) in [5.41, 5.74) is 0.715. The molecule has 1 N–H and O–H groups in total. The van der Waals surface area contributed by atoms with Gasteiger partial charge in [-0.15, -0.1) is 0 Å². The van der Waals surface area contributed by atoms with E-state index in [1.165, 1.54) is 11.3 Å². The quantitative estimate of drug-likeness (QED) is 0.383. The van der Waals surface area contributed by atoms with Gasteiger partial charge in [-0.25, -0.2) is 0 Å². The van der Waals surface area contributed by atoms with Crippen molar-refractivity contribution in [3.05, 3.63) is 11.3 Å². The zero-order chi connectivity index (χ0) is 28.8. The Hall–Kier alpha value is -1.57. The van der Waals surface area contributed by atoms with Crippen LogP contribution in [0.2, 0.25) is 0 Å². The first kappa shape index (κ1) is 29.5. The Morgan fingerprint density at radius 2 is 1.49 bits per heavy atom. The molecular formula is C33H49F3N2O3. The molecule has 4 fully saturated rings. The molecule has 6 aliphatic rings. The third kappa shape index (κ3) is 5.48. The minimum atomic E-state index is -4.48. The summed E-state index contributed by atoms with van der Waals surface area (Å²) in [5, 5.41) is 9.87. The summed E-state index contributed by atoms with van der Waals surface area (Å²) in [7, 11) is 0. The van der Waals surface area contributed by atoms with E-state index in [2.05, 4.69) is 4.90 Å². The Balaban J connectivity index is 1.48. The van der Waals surface area contributed by atoms with Gasteiger partial charge in [-0.05, 0) is 113 Å². The first-order valence-electron chi connectivity index (χ1n) is 16.7. The number of halogens is 3. The summed E-state index contributed by atoms with van der Waals surface area (Å²) in [6.07, 6.45) is 11.5. The highest BCUT2D eigenvalue weighted by Gasteiger charge is 2.66. The molecule has 4 aliphatic carbocycles. The number of hydrogen-bond donors (Lipinski definition) is 1. The van der Waals surface area contributed by atoms with E-state index in [0.717, 1.165) is 102 Å². The normalized spacial score (nSPS) is 37.4. The maximum absolute atomic E-state index is 15.0. The van der Waals surface area contributed by atoms with Crippen molar-refractivity contribution in [2.45, 2.75) is 128 Å². The topological polar surface area (TPSA) is 60.9 Å². The predicted octanol–water partition coefficient (Wildman–Crippen LogP) is 6.99. The number of aliphatic hydroxyl groups excluding tert-OH is 1. The van der Waals surface area contributed by atoms with E-state index in [9.17, 15) is 23.1 Å². The molecule has 3 saturated carbocycles. The molecular weight excluding hydrogens is 529 g/mol. The number of alkyl halides is 3. The van der Waals surface area contributed by atoms with Crippen molar-refractivity contribution in [3.63, 3.8) is 0 Å². The second kappa shape index (κ2) is 11.8. The third-order valence-electron chi connectivity index (χ3n) is 12.0. The number of carbonyl (C=O) groups is 2. The standard InChI is InChI=1S/C33H49F3N2O3/c34-33(35,36)21-38-28-13-7-4-10-25(28)18-32(31(38)41)27-12-6-5-11-26(27)30(40)37(19-22-8-2-1-3-9-22)29(32)24-16-14-23(20-39)15-17-24/h22-24,26-27,29,39H,1-21H2/t23?,24?,26?,27?,29-,32-/m0/s1. The summed E-state index contributed by atoms with van der Waals surface area (Å²) in [6, 6.07) is -0.352. The SMILES string of the molecule is O=C1C2CCCCC2[C@@]2(CC3=C(CCCC3)N(CC(F)(F)F)C2=O)[C@H](C2CCC(CO)CC2)N1CC1CCCCC1. The van der Waals surface area contributed by atoms with Crippen LogP contribution in [0.1, 0.15) is 116 Å². The number of rotatable bonds is 5. The van der Waals surface area contributed by atoms with Crippen molar-refractivity contribution in [3.8, 4) is 0 Å². The lowest BCUT2D eigenvalue weighted by molar-refractivity contribution is -0.193. The van der Waals surface area contributed by atoms with E-state index < -0.39 is 18.1 Å². The molecule has 1 spiro atoms. The number of fused-ring (bicyclic) bond motifs is 2. The molecule has 6 rings (SSSR count). The van der Waals surface area contributed by atoms with Crippen molar-refractivity contribution >= 4 is 11.8 Å². The Bertz CT molecular complexity index is 1010. The number of amides is 2. The van der Waals surface area contributed by atoms with Crippen molar-refractivity contribution in [2.75, 3.05) is 19.7 Å². The second-order valence-corrected chi connectivity index (χ2v) is 14.4. The highest BCUT2D eigenvalue weighted by Crippen LogP contribution is 2.60. The molecule has 41 heavy (non-hydrogen) atoms. The largest absolute Gasteiger partial charge is 0.406 e. The van der Waals surface area contributed by atoms with Crippen LogP contribution < -0.4 is 0 Å². The summed E-state index contributed by atoms with van der Waals surface area (Å²) >= 11 is 0. The average Bonchev–Trinajstić information content (AvgIpc) is 2.98. The summed E-state index contributed by atoms with van der Waals surface area (Å²) in [6.45, 7) is -0.427. The van der Waals surface area contributed by atoms with E-state index in [1.54, 1.807) is 0 Å². The van der Waals surface area contributed by atoms with Crippen molar-refractivity contribution in [2.24, 2.45) is 35.0 Å². The lowest BCUT2D eigenvalue weighted by atomic mass is 9.50. The lowest BCUT2D eigenvalue weighted by Gasteiger charge is -2.63. The van der Waals surface area contributed by atoms with Crippen LogP contribution in [0.15, 0.2) is 11.3 Å². The fraction of sp³-hybridized carbons (Fsp3) is 0.879. The number of likely N-dealkylation sites (tertiary alicyclic amines) is 1. The van der Waals surface area contributed by atoms with Gasteiger partial charge in [0.1, 0.15) is 6.54 Å². The fourth-order valence-electron chi connectivity index (χ4n) is 10.2. The van der Waals surface area contributed by atoms with Gasteiger partial charge in [-0.3, -0.25) is 9.59 Å². The predicted molar refractivity (Wildman–Crippen MR) is 150 cm³/mol. The maximum atomic E-state index is 15.0. The Morgan fingerprint density at radius 1 is 0.805 bits per heavy atom. The number of hydrogen-bond acceptors (Lipinski definition) is 3. The molecule has 2 amide bonds. The highest BCUT2D eigenvalue weighted by molar-refractivity contribution is 5.92. The van der Waals surface area contributed by atoms with Crippen molar-refractivity contribution in [1.82, 2.24) is 9.80 Å². The number of aliphatic hydroxyl groups is 1. The van der Waals surface area contributed by atoms with Gasteiger partial charge in [0, 0.05) is 30.8 Å². The van der Waals surface area contributed by atoms with E-state index in [0.29, 0.717) is 31.0 Å². The minimum Gasteiger partial charge on any atom is -0.396 e. The molecule has 0 bridgehead atoms. The first-order valence-corrected chi connectivity index (χ1v) is 16.7. The number of carbonyl (C=O) groups excluding carboxylic acids is 2. The molecule has 4 atom stereocenters. The zero-order valence-electron chi connectivity index (χ0n) is 24.6. The van der Waals surface area contributed by atoms with Crippen LogP contribution in [0.4, 0.5) is 13.2 Å². The van der Waals surface area contributed by atoms with E-state index in [1.807, 2.05) is 0 Å². The van der Waals surface area contributed by atoms with Gasteiger partial charge in [-0.2, -0.15) is 13.2 Å². The van der Waals surface area contributed by atoms with Crippen molar-refractivity contribution < 1.29 is 27.9 Å². The molecule has 0 aromatic carbocycles. The molecule has 5 nitrogen and oxygen atoms in total. The molecule has 2 unspecified atom stereocenters. The molecule has 2 heterocycles. The smallest absolute Gasteiger partial charge is 0.396 e. The monoisotopic (exact) mass is 578 g/mol. The molecule has 2 aliphatic heterocycles. The van der Waals surface area contributed by atoms with Gasteiger partial charge < -0.3 is 14.9 Å². The van der Waals surface area contributed by atoms with Gasteiger partial charge in [0.25, 0.3) is 0 Å². The number of piperidine rings is 1.